The summed E-state index contributed by atoms with van der Waals surface area (Å²) >= 11 is 0. The van der Waals surface area contributed by atoms with Crippen LogP contribution in [-0.2, 0) is 19.1 Å². The third-order valence-electron chi connectivity index (χ3n) is 13.4. The van der Waals surface area contributed by atoms with E-state index in [0.29, 0.717) is 12.8 Å². The average Bonchev–Trinajstić information content (AvgIpc) is 3.28. The van der Waals surface area contributed by atoms with Gasteiger partial charge in [-0.1, -0.05) is 309 Å². The molecule has 0 aliphatic carbocycles. The lowest BCUT2D eigenvalue weighted by molar-refractivity contribution is -0.161. The van der Waals surface area contributed by atoms with Crippen molar-refractivity contribution in [2.45, 2.75) is 341 Å². The summed E-state index contributed by atoms with van der Waals surface area (Å²) in [7, 11) is 0. The van der Waals surface area contributed by atoms with Gasteiger partial charge in [0.15, 0.2) is 6.10 Å². The second-order valence-corrected chi connectivity index (χ2v) is 19.7. The minimum Gasteiger partial charge on any atom is -0.462 e. The van der Waals surface area contributed by atoms with E-state index in [2.05, 4.69) is 13.8 Å². The fourth-order valence-corrected chi connectivity index (χ4v) is 9.09. The Balaban J connectivity index is 3.32. The van der Waals surface area contributed by atoms with Crippen LogP contribution in [0.3, 0.4) is 0 Å². The number of hydrogen-bond acceptors (Lipinski definition) is 5. The van der Waals surface area contributed by atoms with Gasteiger partial charge in [0.1, 0.15) is 6.61 Å². The molecule has 62 heavy (non-hydrogen) atoms. The van der Waals surface area contributed by atoms with E-state index >= 15 is 0 Å². The van der Waals surface area contributed by atoms with Crippen LogP contribution in [0.4, 0.5) is 0 Å². The second-order valence-electron chi connectivity index (χ2n) is 19.7. The van der Waals surface area contributed by atoms with Crippen LogP contribution in [0.15, 0.2) is 0 Å². The molecule has 0 aromatic rings. The van der Waals surface area contributed by atoms with Crippen molar-refractivity contribution in [1.82, 2.24) is 0 Å². The van der Waals surface area contributed by atoms with E-state index in [9.17, 15) is 14.7 Å². The number of carbonyl (C=O) groups is 2. The zero-order valence-electron chi connectivity index (χ0n) is 42.4. The summed E-state index contributed by atoms with van der Waals surface area (Å²) in [6, 6.07) is 0. The lowest BCUT2D eigenvalue weighted by Gasteiger charge is -2.15. The maximum atomic E-state index is 12.3. The van der Waals surface area contributed by atoms with Crippen LogP contribution in [-0.4, -0.2) is 36.4 Å². The predicted molar refractivity (Wildman–Crippen MR) is 270 cm³/mol. The molecule has 0 aliphatic heterocycles. The van der Waals surface area contributed by atoms with Crippen LogP contribution >= 0.6 is 0 Å². The number of carbonyl (C=O) groups excluding carboxylic acids is 2. The highest BCUT2D eigenvalue weighted by Gasteiger charge is 2.16. The largest absolute Gasteiger partial charge is 0.462 e. The average molecular weight is 878 g/mol. The Morgan fingerprint density at radius 1 is 0.306 bits per heavy atom. The third kappa shape index (κ3) is 51.5. The molecule has 0 spiro atoms. The van der Waals surface area contributed by atoms with Gasteiger partial charge in [-0.15, -0.1) is 0 Å². The highest BCUT2D eigenvalue weighted by Crippen LogP contribution is 2.18. The Hall–Kier alpha value is -1.10. The summed E-state index contributed by atoms with van der Waals surface area (Å²) in [5.41, 5.74) is 0. The third-order valence-corrected chi connectivity index (χ3v) is 13.4. The summed E-state index contributed by atoms with van der Waals surface area (Å²) in [6.45, 7) is 4.19. The van der Waals surface area contributed by atoms with Gasteiger partial charge < -0.3 is 14.6 Å². The van der Waals surface area contributed by atoms with Crippen molar-refractivity contribution in [3.05, 3.63) is 0 Å². The molecule has 370 valence electrons. The maximum Gasteiger partial charge on any atom is 0.306 e. The number of esters is 2. The topological polar surface area (TPSA) is 72.8 Å². The summed E-state index contributed by atoms with van der Waals surface area (Å²) in [4.78, 5) is 24.4. The molecule has 0 aliphatic rings. The number of rotatable bonds is 54. The smallest absolute Gasteiger partial charge is 0.306 e. The molecule has 0 aromatic heterocycles. The van der Waals surface area contributed by atoms with Crippen molar-refractivity contribution in [2.24, 2.45) is 0 Å². The van der Waals surface area contributed by atoms with Gasteiger partial charge in [-0.2, -0.15) is 0 Å². The van der Waals surface area contributed by atoms with Crippen LogP contribution in [0.5, 0.6) is 0 Å². The van der Waals surface area contributed by atoms with Gasteiger partial charge in [-0.05, 0) is 12.8 Å². The van der Waals surface area contributed by atoms with E-state index in [4.69, 9.17) is 9.47 Å². The molecule has 1 atom stereocenters. The minimum atomic E-state index is -0.763. The molecule has 0 saturated carbocycles. The molecule has 0 bridgehead atoms. The summed E-state index contributed by atoms with van der Waals surface area (Å²) in [5.74, 6) is -0.569. The SMILES string of the molecule is CCCCCCCCCCCCCCCCCCCCCCCCCCCCCCCCCCCCCCC(=O)OC(CO)COC(=O)CCCCCCCCCCCCCC. The van der Waals surface area contributed by atoms with E-state index in [1.807, 2.05) is 0 Å². The van der Waals surface area contributed by atoms with Gasteiger partial charge >= 0.3 is 11.9 Å². The predicted octanol–water partition coefficient (Wildman–Crippen LogP) is 19.0. The first-order valence-electron chi connectivity index (χ1n) is 28.6. The standard InChI is InChI=1S/C57H112O5/c1-3-5-7-9-11-13-15-17-18-19-20-21-22-23-24-25-26-27-28-29-30-31-32-33-34-35-36-37-38-39-40-42-44-46-48-50-52-57(60)62-55(53-58)54-61-56(59)51-49-47-45-43-41-16-14-12-10-8-6-4-2/h55,58H,3-54H2,1-2H3. The number of aliphatic hydroxyl groups excluding tert-OH is 1. The Kier molecular flexibility index (Phi) is 53.3. The van der Waals surface area contributed by atoms with Gasteiger partial charge in [-0.25, -0.2) is 0 Å². The fraction of sp³-hybridized carbons (Fsp3) is 0.965. The van der Waals surface area contributed by atoms with Crippen LogP contribution in [0.25, 0.3) is 0 Å². The first kappa shape index (κ1) is 60.9. The number of hydrogen-bond donors (Lipinski definition) is 1. The highest BCUT2D eigenvalue weighted by molar-refractivity contribution is 5.70. The zero-order valence-corrected chi connectivity index (χ0v) is 42.4. The van der Waals surface area contributed by atoms with E-state index in [-0.39, 0.29) is 25.2 Å². The molecule has 0 radical (unpaired) electrons. The molecule has 0 amide bonds. The van der Waals surface area contributed by atoms with Gasteiger partial charge in [0.2, 0.25) is 0 Å². The molecule has 0 rings (SSSR count). The summed E-state index contributed by atoms with van der Waals surface area (Å²) in [5, 5.41) is 9.61. The molecule has 0 fully saturated rings. The number of unbranched alkanes of at least 4 members (excludes halogenated alkanes) is 46. The molecule has 0 heterocycles. The maximum absolute atomic E-state index is 12.3. The molecule has 1 unspecified atom stereocenters. The van der Waals surface area contributed by atoms with Crippen molar-refractivity contribution in [2.75, 3.05) is 13.2 Å². The van der Waals surface area contributed by atoms with Crippen molar-refractivity contribution in [1.29, 1.82) is 0 Å². The van der Waals surface area contributed by atoms with Crippen molar-refractivity contribution < 1.29 is 24.2 Å². The quantitative estimate of drug-likeness (QED) is 0.0487. The van der Waals surface area contributed by atoms with Crippen LogP contribution < -0.4 is 0 Å². The van der Waals surface area contributed by atoms with E-state index in [0.717, 1.165) is 32.1 Å². The molecular weight excluding hydrogens is 765 g/mol. The Morgan fingerprint density at radius 3 is 0.710 bits per heavy atom. The van der Waals surface area contributed by atoms with E-state index < -0.39 is 6.10 Å². The fourth-order valence-electron chi connectivity index (χ4n) is 9.09. The second kappa shape index (κ2) is 54.2. The normalized spacial score (nSPS) is 12.0. The zero-order chi connectivity index (χ0) is 44.9. The van der Waals surface area contributed by atoms with Crippen molar-refractivity contribution >= 4 is 11.9 Å². The van der Waals surface area contributed by atoms with Crippen LogP contribution in [0.2, 0.25) is 0 Å². The molecular formula is C57H112O5. The molecule has 0 saturated heterocycles. The van der Waals surface area contributed by atoms with Crippen LogP contribution in [0, 0.1) is 0 Å². The van der Waals surface area contributed by atoms with E-state index in [1.54, 1.807) is 0 Å². The Labute approximate surface area is 389 Å². The summed E-state index contributed by atoms with van der Waals surface area (Å²) in [6.07, 6.45) is 65.4. The monoisotopic (exact) mass is 877 g/mol. The van der Waals surface area contributed by atoms with Gasteiger partial charge in [0, 0.05) is 12.8 Å². The van der Waals surface area contributed by atoms with Crippen molar-refractivity contribution in [3.8, 4) is 0 Å². The summed E-state index contributed by atoms with van der Waals surface area (Å²) < 4.78 is 10.7. The van der Waals surface area contributed by atoms with Gasteiger partial charge in [0.05, 0.1) is 6.61 Å². The molecule has 1 N–H and O–H groups in total. The molecule has 5 nitrogen and oxygen atoms in total. The van der Waals surface area contributed by atoms with Crippen LogP contribution in [0.1, 0.15) is 335 Å². The Morgan fingerprint density at radius 2 is 0.500 bits per heavy atom. The van der Waals surface area contributed by atoms with Gasteiger partial charge in [0.25, 0.3) is 0 Å². The van der Waals surface area contributed by atoms with Gasteiger partial charge in [-0.3, -0.25) is 9.59 Å². The van der Waals surface area contributed by atoms with E-state index in [1.165, 1.54) is 276 Å². The lowest BCUT2D eigenvalue weighted by Crippen LogP contribution is -2.28. The first-order chi connectivity index (χ1) is 30.6. The Bertz CT molecular complexity index is 860. The number of ether oxygens (including phenoxy) is 2. The highest BCUT2D eigenvalue weighted by atomic mass is 16.6. The first-order valence-corrected chi connectivity index (χ1v) is 28.6. The number of aliphatic hydroxyl groups is 1. The lowest BCUT2D eigenvalue weighted by atomic mass is 10.0. The molecule has 5 heteroatoms. The van der Waals surface area contributed by atoms with Crippen molar-refractivity contribution in [3.63, 3.8) is 0 Å². The minimum absolute atomic E-state index is 0.0565. The molecule has 0 aromatic carbocycles.